The second kappa shape index (κ2) is 3.71. The Labute approximate surface area is 70.4 Å². The molecule has 0 aliphatic carbocycles. The SMILES string of the molecule is CN[C@@H]1CCN(C(=O)O)C[C@H]1F. The molecular weight excluding hydrogens is 163 g/mol. The molecule has 0 aromatic heterocycles. The Morgan fingerprint density at radius 2 is 2.42 bits per heavy atom. The van der Waals surface area contributed by atoms with Crippen LogP contribution in [-0.4, -0.2) is 48.5 Å². The van der Waals surface area contributed by atoms with E-state index in [0.717, 1.165) is 4.90 Å². The first-order valence-electron chi connectivity index (χ1n) is 3.94. The van der Waals surface area contributed by atoms with Crippen molar-refractivity contribution in [1.82, 2.24) is 10.2 Å². The molecule has 1 aliphatic rings. The summed E-state index contributed by atoms with van der Waals surface area (Å²) in [5.41, 5.74) is 0. The van der Waals surface area contributed by atoms with Crippen LogP contribution < -0.4 is 5.32 Å². The molecular formula is C7H13FN2O2. The fourth-order valence-corrected chi connectivity index (χ4v) is 1.40. The molecule has 1 rings (SSSR count). The van der Waals surface area contributed by atoms with Crippen molar-refractivity contribution < 1.29 is 14.3 Å². The lowest BCUT2D eigenvalue weighted by atomic mass is 10.0. The number of amides is 1. The third-order valence-electron chi connectivity index (χ3n) is 2.18. The quantitative estimate of drug-likeness (QED) is 0.604. The molecule has 5 heteroatoms. The Morgan fingerprint density at radius 3 is 2.83 bits per heavy atom. The van der Waals surface area contributed by atoms with Crippen molar-refractivity contribution in [2.24, 2.45) is 0 Å². The number of hydrogen-bond donors (Lipinski definition) is 2. The standard InChI is InChI=1S/C7H13FN2O2/c1-9-6-2-3-10(7(11)12)4-5(6)8/h5-6,9H,2-4H2,1H3,(H,11,12)/t5-,6-/m1/s1. The Bertz CT molecular complexity index is 177. The molecule has 1 aliphatic heterocycles. The third-order valence-corrected chi connectivity index (χ3v) is 2.18. The van der Waals surface area contributed by atoms with E-state index in [1.54, 1.807) is 7.05 Å². The van der Waals surface area contributed by atoms with Gasteiger partial charge in [0.05, 0.1) is 6.54 Å². The smallest absolute Gasteiger partial charge is 0.407 e. The lowest BCUT2D eigenvalue weighted by Crippen LogP contribution is -2.51. The van der Waals surface area contributed by atoms with Gasteiger partial charge in [-0.15, -0.1) is 0 Å². The van der Waals surface area contributed by atoms with Crippen LogP contribution in [0.15, 0.2) is 0 Å². The maximum atomic E-state index is 13.1. The molecule has 2 atom stereocenters. The molecule has 0 unspecified atom stereocenters. The van der Waals surface area contributed by atoms with Crippen molar-refractivity contribution in [2.75, 3.05) is 20.1 Å². The number of hydrogen-bond acceptors (Lipinski definition) is 2. The van der Waals surface area contributed by atoms with Crippen LogP contribution in [-0.2, 0) is 0 Å². The second-order valence-corrected chi connectivity index (χ2v) is 2.93. The summed E-state index contributed by atoms with van der Waals surface area (Å²) in [7, 11) is 1.69. The van der Waals surface area contributed by atoms with Gasteiger partial charge in [-0.3, -0.25) is 0 Å². The number of rotatable bonds is 1. The highest BCUT2D eigenvalue weighted by Gasteiger charge is 2.29. The largest absolute Gasteiger partial charge is 0.465 e. The first-order valence-corrected chi connectivity index (χ1v) is 3.94. The predicted octanol–water partition coefficient (Wildman–Crippen LogP) is 0.296. The van der Waals surface area contributed by atoms with E-state index in [1.165, 1.54) is 0 Å². The van der Waals surface area contributed by atoms with Gasteiger partial charge in [0.15, 0.2) is 0 Å². The van der Waals surface area contributed by atoms with Crippen LogP contribution in [0.2, 0.25) is 0 Å². The first-order chi connectivity index (χ1) is 5.65. The Balaban J connectivity index is 2.46. The maximum absolute atomic E-state index is 13.1. The zero-order valence-corrected chi connectivity index (χ0v) is 6.96. The van der Waals surface area contributed by atoms with Gasteiger partial charge in [0.25, 0.3) is 0 Å². The summed E-state index contributed by atoms with van der Waals surface area (Å²) in [6, 6.07) is -0.194. The summed E-state index contributed by atoms with van der Waals surface area (Å²) in [4.78, 5) is 11.5. The van der Waals surface area contributed by atoms with E-state index in [-0.39, 0.29) is 12.6 Å². The number of carbonyl (C=O) groups is 1. The van der Waals surface area contributed by atoms with Crippen molar-refractivity contribution in [3.8, 4) is 0 Å². The predicted molar refractivity (Wildman–Crippen MR) is 42.0 cm³/mol. The van der Waals surface area contributed by atoms with Crippen molar-refractivity contribution in [2.45, 2.75) is 18.6 Å². The minimum atomic E-state index is -1.08. The molecule has 0 aromatic rings. The lowest BCUT2D eigenvalue weighted by Gasteiger charge is -2.32. The van der Waals surface area contributed by atoms with E-state index < -0.39 is 12.3 Å². The van der Waals surface area contributed by atoms with Gasteiger partial charge < -0.3 is 15.3 Å². The minimum Gasteiger partial charge on any atom is -0.465 e. The average molecular weight is 176 g/mol. The van der Waals surface area contributed by atoms with Crippen molar-refractivity contribution in [1.29, 1.82) is 0 Å². The highest BCUT2D eigenvalue weighted by molar-refractivity contribution is 5.65. The summed E-state index contributed by atoms with van der Waals surface area (Å²) in [6.07, 6.45) is -1.57. The highest BCUT2D eigenvalue weighted by Crippen LogP contribution is 2.13. The van der Waals surface area contributed by atoms with Gasteiger partial charge >= 0.3 is 6.09 Å². The number of likely N-dealkylation sites (tertiary alicyclic amines) is 1. The summed E-state index contributed by atoms with van der Waals surface area (Å²) in [5.74, 6) is 0. The van der Waals surface area contributed by atoms with E-state index in [9.17, 15) is 9.18 Å². The zero-order valence-electron chi connectivity index (χ0n) is 6.96. The fraction of sp³-hybridized carbons (Fsp3) is 0.857. The van der Waals surface area contributed by atoms with Crippen LogP contribution in [0.4, 0.5) is 9.18 Å². The second-order valence-electron chi connectivity index (χ2n) is 2.93. The van der Waals surface area contributed by atoms with E-state index >= 15 is 0 Å². The summed E-state index contributed by atoms with van der Waals surface area (Å²) in [5, 5.41) is 11.4. The average Bonchev–Trinajstić information content (AvgIpc) is 2.04. The summed E-state index contributed by atoms with van der Waals surface area (Å²) in [6.45, 7) is 0.405. The first kappa shape index (κ1) is 9.25. The van der Waals surface area contributed by atoms with Crippen molar-refractivity contribution >= 4 is 6.09 Å². The van der Waals surface area contributed by atoms with E-state index in [1.807, 2.05) is 0 Å². The van der Waals surface area contributed by atoms with Crippen LogP contribution in [0.25, 0.3) is 0 Å². The van der Waals surface area contributed by atoms with Crippen LogP contribution in [0.5, 0.6) is 0 Å². The highest BCUT2D eigenvalue weighted by atomic mass is 19.1. The molecule has 0 bridgehead atoms. The molecule has 1 saturated heterocycles. The number of nitrogens with one attached hydrogen (secondary N) is 1. The van der Waals surface area contributed by atoms with Gasteiger partial charge in [-0.1, -0.05) is 0 Å². The van der Waals surface area contributed by atoms with Gasteiger partial charge in [-0.2, -0.15) is 0 Å². The minimum absolute atomic E-state index is 0.0131. The van der Waals surface area contributed by atoms with E-state index in [2.05, 4.69) is 5.32 Å². The Hall–Kier alpha value is -0.840. The van der Waals surface area contributed by atoms with Crippen LogP contribution >= 0.6 is 0 Å². The Morgan fingerprint density at radius 1 is 1.75 bits per heavy atom. The summed E-state index contributed by atoms with van der Waals surface area (Å²) < 4.78 is 13.1. The third kappa shape index (κ3) is 1.85. The molecule has 1 heterocycles. The number of halogens is 1. The number of carboxylic acid groups (broad SMARTS) is 1. The van der Waals surface area contributed by atoms with Gasteiger partial charge in [-0.05, 0) is 13.5 Å². The van der Waals surface area contributed by atoms with Crippen LogP contribution in [0, 0.1) is 0 Å². The van der Waals surface area contributed by atoms with Crippen molar-refractivity contribution in [3.05, 3.63) is 0 Å². The number of alkyl halides is 1. The van der Waals surface area contributed by atoms with E-state index in [4.69, 9.17) is 5.11 Å². The maximum Gasteiger partial charge on any atom is 0.407 e. The van der Waals surface area contributed by atoms with E-state index in [0.29, 0.717) is 13.0 Å². The van der Waals surface area contributed by atoms with Gasteiger partial charge in [0, 0.05) is 12.6 Å². The molecule has 0 radical (unpaired) electrons. The normalized spacial score (nSPS) is 30.3. The molecule has 2 N–H and O–H groups in total. The summed E-state index contributed by atoms with van der Waals surface area (Å²) >= 11 is 0. The van der Waals surface area contributed by atoms with Gasteiger partial charge in [-0.25, -0.2) is 9.18 Å². The molecule has 4 nitrogen and oxygen atoms in total. The van der Waals surface area contributed by atoms with Crippen LogP contribution in [0.3, 0.4) is 0 Å². The molecule has 1 amide bonds. The zero-order chi connectivity index (χ0) is 9.14. The van der Waals surface area contributed by atoms with Gasteiger partial charge in [0.1, 0.15) is 6.17 Å². The molecule has 70 valence electrons. The van der Waals surface area contributed by atoms with Gasteiger partial charge in [0.2, 0.25) is 0 Å². The monoisotopic (exact) mass is 176 g/mol. The fourth-order valence-electron chi connectivity index (χ4n) is 1.40. The topological polar surface area (TPSA) is 52.6 Å². The Kier molecular flexibility index (Phi) is 2.86. The lowest BCUT2D eigenvalue weighted by molar-refractivity contribution is 0.0906. The molecule has 0 saturated carbocycles. The molecule has 0 spiro atoms. The van der Waals surface area contributed by atoms with Crippen molar-refractivity contribution in [3.63, 3.8) is 0 Å². The number of nitrogens with zero attached hydrogens (tertiary/aromatic N) is 1. The number of piperidine rings is 1. The molecule has 12 heavy (non-hydrogen) atoms. The molecule has 1 fully saturated rings. The molecule has 0 aromatic carbocycles. The van der Waals surface area contributed by atoms with Crippen LogP contribution in [0.1, 0.15) is 6.42 Å².